The third-order valence-corrected chi connectivity index (χ3v) is 3.43. The summed E-state index contributed by atoms with van der Waals surface area (Å²) in [5, 5.41) is 9.59. The molecule has 25 heavy (non-hydrogen) atoms. The summed E-state index contributed by atoms with van der Waals surface area (Å²) in [6, 6.07) is 10.00. The fourth-order valence-electron chi connectivity index (χ4n) is 2.13. The number of nitrogens with two attached hydrogens (primary N) is 1. The van der Waals surface area contributed by atoms with Crippen LogP contribution >= 0.6 is 0 Å². The molecule has 0 fully saturated rings. The van der Waals surface area contributed by atoms with Crippen molar-refractivity contribution < 1.29 is 19.4 Å². The van der Waals surface area contributed by atoms with E-state index in [1.165, 1.54) is 4.90 Å². The molecule has 0 aromatic heterocycles. The van der Waals surface area contributed by atoms with Crippen LogP contribution in [0.2, 0.25) is 0 Å². The number of aryl methyl sites for hydroxylation is 1. The minimum Gasteiger partial charge on any atom is -0.508 e. The number of phenols is 1. The fourth-order valence-corrected chi connectivity index (χ4v) is 2.13. The maximum absolute atomic E-state index is 12.2. The molecule has 0 saturated carbocycles. The highest BCUT2D eigenvalue weighted by atomic mass is 16.6. The van der Waals surface area contributed by atoms with Crippen LogP contribution in [0, 0.1) is 6.92 Å². The molecule has 0 saturated heterocycles. The molecule has 0 spiro atoms. The molecule has 2 aromatic rings. The number of nitrogen functional groups attached to an aromatic ring is 1. The number of rotatable bonds is 3. The van der Waals surface area contributed by atoms with Crippen LogP contribution in [0.4, 0.5) is 16.2 Å². The number of carbonyl (C=O) groups is 1. The van der Waals surface area contributed by atoms with E-state index in [4.69, 9.17) is 15.2 Å². The highest BCUT2D eigenvalue weighted by molar-refractivity contribution is 5.91. The summed E-state index contributed by atoms with van der Waals surface area (Å²) in [5.41, 5.74) is 7.02. The quantitative estimate of drug-likeness (QED) is 0.804. The largest absolute Gasteiger partial charge is 0.508 e. The number of hydrogen-bond acceptors (Lipinski definition) is 5. The van der Waals surface area contributed by atoms with E-state index in [0.29, 0.717) is 28.4 Å². The lowest BCUT2D eigenvalue weighted by atomic mass is 10.2. The van der Waals surface area contributed by atoms with Crippen molar-refractivity contribution >= 4 is 17.5 Å². The zero-order valence-electron chi connectivity index (χ0n) is 15.2. The molecule has 2 aromatic carbocycles. The third kappa shape index (κ3) is 4.79. The average Bonchev–Trinajstić information content (AvgIpc) is 2.50. The van der Waals surface area contributed by atoms with Crippen LogP contribution < -0.4 is 15.4 Å². The van der Waals surface area contributed by atoms with Gasteiger partial charge in [0, 0.05) is 13.1 Å². The molecular formula is C19H24N2O4. The molecule has 3 N–H and O–H groups in total. The van der Waals surface area contributed by atoms with Gasteiger partial charge in [0.25, 0.3) is 0 Å². The van der Waals surface area contributed by atoms with Crippen LogP contribution in [0.3, 0.4) is 0 Å². The van der Waals surface area contributed by atoms with Crippen molar-refractivity contribution in [3.8, 4) is 17.2 Å². The lowest BCUT2D eigenvalue weighted by Crippen LogP contribution is -2.34. The summed E-state index contributed by atoms with van der Waals surface area (Å²) in [7, 11) is 1.59. The van der Waals surface area contributed by atoms with Crippen molar-refractivity contribution in [2.45, 2.75) is 33.3 Å². The SMILES string of the molecule is Cc1cc(Oc2ccc(N)c(N(C)C(=O)OC(C)(C)C)c2)ccc1O. The Hall–Kier alpha value is -2.89. The summed E-state index contributed by atoms with van der Waals surface area (Å²) in [4.78, 5) is 13.6. The molecule has 0 aliphatic carbocycles. The molecule has 6 heteroatoms. The molecule has 0 unspecified atom stereocenters. The first kappa shape index (κ1) is 18.4. The fraction of sp³-hybridized carbons (Fsp3) is 0.316. The van der Waals surface area contributed by atoms with E-state index in [-0.39, 0.29) is 5.75 Å². The summed E-state index contributed by atoms with van der Waals surface area (Å²) >= 11 is 0. The van der Waals surface area contributed by atoms with Gasteiger partial charge in [-0.05, 0) is 63.6 Å². The van der Waals surface area contributed by atoms with Crippen molar-refractivity contribution in [1.82, 2.24) is 0 Å². The number of aromatic hydroxyl groups is 1. The summed E-state index contributed by atoms with van der Waals surface area (Å²) in [5.74, 6) is 1.30. The topological polar surface area (TPSA) is 85.0 Å². The number of benzene rings is 2. The first-order valence-electron chi connectivity index (χ1n) is 7.90. The Morgan fingerprint density at radius 1 is 1.12 bits per heavy atom. The van der Waals surface area contributed by atoms with Crippen molar-refractivity contribution in [1.29, 1.82) is 0 Å². The van der Waals surface area contributed by atoms with Crippen molar-refractivity contribution in [2.24, 2.45) is 0 Å². The molecule has 0 aliphatic rings. The van der Waals surface area contributed by atoms with Crippen LogP contribution in [0.15, 0.2) is 36.4 Å². The van der Waals surface area contributed by atoms with Crippen molar-refractivity contribution in [3.63, 3.8) is 0 Å². The Morgan fingerprint density at radius 2 is 1.72 bits per heavy atom. The summed E-state index contributed by atoms with van der Waals surface area (Å²) in [6.07, 6.45) is -0.503. The third-order valence-electron chi connectivity index (χ3n) is 3.43. The molecule has 6 nitrogen and oxygen atoms in total. The number of anilines is 2. The second-order valence-corrected chi connectivity index (χ2v) is 6.81. The van der Waals surface area contributed by atoms with E-state index in [2.05, 4.69) is 0 Å². The monoisotopic (exact) mass is 344 g/mol. The van der Waals surface area contributed by atoms with Gasteiger partial charge in [0.1, 0.15) is 22.8 Å². The normalized spacial score (nSPS) is 11.1. The second kappa shape index (κ2) is 6.93. The minimum atomic E-state index is -0.599. The maximum Gasteiger partial charge on any atom is 0.414 e. The zero-order valence-corrected chi connectivity index (χ0v) is 15.2. The number of amides is 1. The zero-order chi connectivity index (χ0) is 18.8. The van der Waals surface area contributed by atoms with E-state index in [1.807, 2.05) is 0 Å². The average molecular weight is 344 g/mol. The predicted octanol–water partition coefficient (Wildman–Crippen LogP) is 4.45. The number of phenolic OH excluding ortho intramolecular Hbond substituents is 1. The van der Waals surface area contributed by atoms with Crippen LogP contribution in [-0.2, 0) is 4.74 Å². The number of carbonyl (C=O) groups excluding carboxylic acids is 1. The second-order valence-electron chi connectivity index (χ2n) is 6.81. The smallest absolute Gasteiger partial charge is 0.414 e. The number of hydrogen-bond donors (Lipinski definition) is 2. The van der Waals surface area contributed by atoms with E-state index in [1.54, 1.807) is 71.1 Å². The highest BCUT2D eigenvalue weighted by Crippen LogP contribution is 2.32. The van der Waals surface area contributed by atoms with Gasteiger partial charge < -0.3 is 20.3 Å². The number of nitrogens with zero attached hydrogens (tertiary/aromatic N) is 1. The van der Waals surface area contributed by atoms with Crippen LogP contribution in [0.1, 0.15) is 26.3 Å². The Bertz CT molecular complexity index is 781. The maximum atomic E-state index is 12.2. The van der Waals surface area contributed by atoms with Gasteiger partial charge in [0.2, 0.25) is 0 Å². The first-order valence-corrected chi connectivity index (χ1v) is 7.90. The van der Waals surface area contributed by atoms with Gasteiger partial charge in [-0.2, -0.15) is 0 Å². The van der Waals surface area contributed by atoms with Crippen LogP contribution in [0.25, 0.3) is 0 Å². The molecule has 134 valence electrons. The predicted molar refractivity (Wildman–Crippen MR) is 98.4 cm³/mol. The van der Waals surface area contributed by atoms with E-state index >= 15 is 0 Å². The molecule has 0 radical (unpaired) electrons. The molecule has 0 heterocycles. The molecular weight excluding hydrogens is 320 g/mol. The van der Waals surface area contributed by atoms with Gasteiger partial charge in [0.15, 0.2) is 0 Å². The molecule has 0 aliphatic heterocycles. The molecule has 1 amide bonds. The van der Waals surface area contributed by atoms with Gasteiger partial charge in [-0.3, -0.25) is 4.90 Å². The van der Waals surface area contributed by atoms with E-state index in [0.717, 1.165) is 0 Å². The standard InChI is InChI=1S/C19H24N2O4/c1-12-10-13(7-9-17(12)22)24-14-6-8-15(20)16(11-14)21(5)18(23)25-19(2,3)4/h6-11,22H,20H2,1-5H3. The number of ether oxygens (including phenoxy) is 2. The van der Waals surface area contributed by atoms with Gasteiger partial charge in [-0.1, -0.05) is 0 Å². The van der Waals surface area contributed by atoms with Gasteiger partial charge in [-0.25, -0.2) is 4.79 Å². The Balaban J connectivity index is 2.24. The van der Waals surface area contributed by atoms with Crippen LogP contribution in [-0.4, -0.2) is 23.8 Å². The molecule has 0 atom stereocenters. The van der Waals surface area contributed by atoms with Crippen LogP contribution in [0.5, 0.6) is 17.2 Å². The highest BCUT2D eigenvalue weighted by Gasteiger charge is 2.22. The lowest BCUT2D eigenvalue weighted by Gasteiger charge is -2.25. The first-order chi connectivity index (χ1) is 11.6. The van der Waals surface area contributed by atoms with Crippen molar-refractivity contribution in [3.05, 3.63) is 42.0 Å². The van der Waals surface area contributed by atoms with E-state index in [9.17, 15) is 9.90 Å². The van der Waals surface area contributed by atoms with Gasteiger partial charge in [-0.15, -0.1) is 0 Å². The molecule has 2 rings (SSSR count). The Labute approximate surface area is 147 Å². The molecule has 0 bridgehead atoms. The van der Waals surface area contributed by atoms with Gasteiger partial charge >= 0.3 is 6.09 Å². The summed E-state index contributed by atoms with van der Waals surface area (Å²) < 4.78 is 11.2. The minimum absolute atomic E-state index is 0.204. The van der Waals surface area contributed by atoms with E-state index < -0.39 is 11.7 Å². The van der Waals surface area contributed by atoms with Crippen molar-refractivity contribution in [2.75, 3.05) is 17.7 Å². The lowest BCUT2D eigenvalue weighted by molar-refractivity contribution is 0.0589. The van der Waals surface area contributed by atoms with Gasteiger partial charge in [0.05, 0.1) is 11.4 Å². The summed E-state index contributed by atoms with van der Waals surface area (Å²) in [6.45, 7) is 7.19. The Morgan fingerprint density at radius 3 is 2.32 bits per heavy atom. The Kier molecular flexibility index (Phi) is 5.11.